The van der Waals surface area contributed by atoms with Gasteiger partial charge in [0.2, 0.25) is 0 Å². The van der Waals surface area contributed by atoms with Crippen molar-refractivity contribution < 1.29 is 40.7 Å². The van der Waals surface area contributed by atoms with E-state index in [1.807, 2.05) is 0 Å². The van der Waals surface area contributed by atoms with Gasteiger partial charge in [0.25, 0.3) is 0 Å². The van der Waals surface area contributed by atoms with Gasteiger partial charge >= 0.3 is 24.5 Å². The Hall–Kier alpha value is -4.24. The Morgan fingerprint density at radius 3 is 1.69 bits per heavy atom. The maximum Gasteiger partial charge on any atom is 0.433 e. The third-order valence-electron chi connectivity index (χ3n) is 3.99. The molecule has 35 heavy (non-hydrogen) atoms. The van der Waals surface area contributed by atoms with Crippen molar-refractivity contribution in [3.63, 3.8) is 0 Å². The van der Waals surface area contributed by atoms with E-state index in [-0.39, 0.29) is 17.4 Å². The van der Waals surface area contributed by atoms with E-state index in [4.69, 9.17) is 4.74 Å². The van der Waals surface area contributed by atoms with Crippen LogP contribution in [-0.4, -0.2) is 38.7 Å². The summed E-state index contributed by atoms with van der Waals surface area (Å²) in [5.74, 6) is -0.109. The van der Waals surface area contributed by atoms with Crippen LogP contribution in [0.4, 0.5) is 47.6 Å². The number of aryl methyl sites for hydroxylation is 2. The summed E-state index contributed by atoms with van der Waals surface area (Å²) in [6.45, 7) is 0. The van der Waals surface area contributed by atoms with Gasteiger partial charge in [-0.15, -0.1) is 0 Å². The highest BCUT2D eigenvalue weighted by Crippen LogP contribution is 2.31. The first-order valence-electron chi connectivity index (χ1n) is 9.45. The molecule has 0 aliphatic heterocycles. The number of ether oxygens (including phenoxy) is 1. The Labute approximate surface area is 193 Å². The van der Waals surface area contributed by atoms with Gasteiger partial charge in [0.1, 0.15) is 17.1 Å². The van der Waals surface area contributed by atoms with Crippen LogP contribution in [0.3, 0.4) is 0 Å². The summed E-state index contributed by atoms with van der Waals surface area (Å²) >= 11 is 0. The molecule has 190 valence electrons. The van der Waals surface area contributed by atoms with Crippen molar-refractivity contribution in [1.82, 2.24) is 24.9 Å². The molecule has 0 spiro atoms. The van der Waals surface area contributed by atoms with E-state index < -0.39 is 35.9 Å². The van der Waals surface area contributed by atoms with E-state index in [1.165, 1.54) is 7.05 Å². The Morgan fingerprint density at radius 1 is 0.829 bits per heavy atom. The lowest BCUT2D eigenvalue weighted by Crippen LogP contribution is -2.24. The standard InChI is InChI=1S/C12H10F3N3O2.C7H9F3N4O/c1-18-9(12(13,14)15)7-10(17-18)16-11(19)20-8-5-3-2-4-6-8;1-11-6(15)12-5-3-4(7(8,9)10)14(2)13-5/h2-7H,1H3,(H,16,17,19);3H,1-2H3,(H2,11,12,13,15). The number of carbonyl (C=O) groups is 2. The van der Waals surface area contributed by atoms with E-state index in [0.29, 0.717) is 9.36 Å². The third kappa shape index (κ3) is 7.94. The number of nitrogens with one attached hydrogen (secondary N) is 3. The van der Waals surface area contributed by atoms with Gasteiger partial charge in [-0.3, -0.25) is 20.0 Å². The fourth-order valence-electron chi connectivity index (χ4n) is 2.49. The van der Waals surface area contributed by atoms with Crippen LogP contribution in [0.1, 0.15) is 11.4 Å². The fraction of sp³-hybridized carbons (Fsp3) is 0.263. The topological polar surface area (TPSA) is 115 Å². The van der Waals surface area contributed by atoms with Gasteiger partial charge in [-0.05, 0) is 12.1 Å². The molecule has 0 saturated carbocycles. The minimum absolute atomic E-state index is 0.149. The second kappa shape index (κ2) is 10.8. The highest BCUT2D eigenvalue weighted by atomic mass is 19.4. The molecule has 2 heterocycles. The first-order chi connectivity index (χ1) is 16.2. The molecule has 0 saturated heterocycles. The zero-order valence-electron chi connectivity index (χ0n) is 18.3. The van der Waals surface area contributed by atoms with Gasteiger partial charge in [0.15, 0.2) is 11.6 Å². The average Bonchev–Trinajstić information content (AvgIpc) is 3.30. The maximum absolute atomic E-state index is 12.5. The molecule has 16 heteroatoms. The molecular formula is C19H19F6N7O3. The summed E-state index contributed by atoms with van der Waals surface area (Å²) in [4.78, 5) is 22.3. The molecule has 3 amide bonds. The number of hydrogen-bond acceptors (Lipinski definition) is 5. The number of nitrogens with zero attached hydrogens (tertiary/aromatic N) is 4. The number of alkyl halides is 6. The summed E-state index contributed by atoms with van der Waals surface area (Å²) in [6, 6.07) is 9.00. The van der Waals surface area contributed by atoms with Crippen molar-refractivity contribution in [2.75, 3.05) is 17.7 Å². The summed E-state index contributed by atoms with van der Waals surface area (Å²) in [6.07, 6.45) is -9.93. The first-order valence-corrected chi connectivity index (χ1v) is 9.45. The fourth-order valence-corrected chi connectivity index (χ4v) is 2.49. The third-order valence-corrected chi connectivity index (χ3v) is 3.99. The van der Waals surface area contributed by atoms with E-state index >= 15 is 0 Å². The molecular weight excluding hydrogens is 488 g/mol. The van der Waals surface area contributed by atoms with E-state index in [9.17, 15) is 35.9 Å². The van der Waals surface area contributed by atoms with Gasteiger partial charge in [-0.2, -0.15) is 36.5 Å². The van der Waals surface area contributed by atoms with Crippen LogP contribution in [0, 0.1) is 0 Å². The molecule has 0 atom stereocenters. The van der Waals surface area contributed by atoms with Crippen molar-refractivity contribution in [1.29, 1.82) is 0 Å². The molecule has 3 rings (SSSR count). The second-order valence-electron chi connectivity index (χ2n) is 6.60. The highest BCUT2D eigenvalue weighted by Gasteiger charge is 2.36. The predicted molar refractivity (Wildman–Crippen MR) is 111 cm³/mol. The molecule has 10 nitrogen and oxygen atoms in total. The Bertz CT molecular complexity index is 1160. The zero-order chi connectivity index (χ0) is 26.4. The largest absolute Gasteiger partial charge is 0.433 e. The SMILES string of the molecule is CNC(=O)Nc1cc(C(F)(F)F)n(C)n1.Cn1nc(NC(=O)Oc2ccccc2)cc1C(F)(F)F. The van der Waals surface area contributed by atoms with Crippen molar-refractivity contribution in [3.05, 3.63) is 53.9 Å². The first kappa shape index (κ1) is 27.0. The molecule has 0 aliphatic rings. The summed E-state index contributed by atoms with van der Waals surface area (Å²) in [5, 5.41) is 13.5. The minimum Gasteiger partial charge on any atom is -0.410 e. The second-order valence-corrected chi connectivity index (χ2v) is 6.60. The van der Waals surface area contributed by atoms with Crippen LogP contribution < -0.4 is 20.7 Å². The molecule has 0 radical (unpaired) electrons. The quantitative estimate of drug-likeness (QED) is 0.459. The van der Waals surface area contributed by atoms with Crippen LogP contribution in [0.2, 0.25) is 0 Å². The summed E-state index contributed by atoms with van der Waals surface area (Å²) in [5.41, 5.74) is -1.89. The number of rotatable bonds is 3. The minimum atomic E-state index is -4.54. The van der Waals surface area contributed by atoms with Crippen LogP contribution in [0.25, 0.3) is 0 Å². The Kier molecular flexibility index (Phi) is 8.33. The highest BCUT2D eigenvalue weighted by molar-refractivity contribution is 5.88. The molecule has 2 aromatic heterocycles. The number of para-hydroxylation sites is 1. The van der Waals surface area contributed by atoms with Gasteiger partial charge in [0, 0.05) is 33.3 Å². The number of anilines is 2. The van der Waals surface area contributed by atoms with Crippen LogP contribution >= 0.6 is 0 Å². The number of halogens is 6. The molecule has 0 aliphatic carbocycles. The molecule has 3 aromatic rings. The van der Waals surface area contributed by atoms with Gasteiger partial charge < -0.3 is 10.1 Å². The lowest BCUT2D eigenvalue weighted by Gasteiger charge is -2.04. The summed E-state index contributed by atoms with van der Waals surface area (Å²) in [7, 11) is 3.64. The predicted octanol–water partition coefficient (Wildman–Crippen LogP) is 4.24. The monoisotopic (exact) mass is 507 g/mol. The number of carbonyl (C=O) groups excluding carboxylic acids is 2. The molecule has 0 unspecified atom stereocenters. The van der Waals surface area contributed by atoms with Crippen molar-refractivity contribution >= 4 is 23.8 Å². The Morgan fingerprint density at radius 2 is 1.29 bits per heavy atom. The van der Waals surface area contributed by atoms with Crippen LogP contribution in [-0.2, 0) is 26.4 Å². The Balaban J connectivity index is 0.000000258. The lowest BCUT2D eigenvalue weighted by atomic mass is 10.3. The maximum atomic E-state index is 12.5. The van der Waals surface area contributed by atoms with Crippen LogP contribution in [0.5, 0.6) is 5.75 Å². The van der Waals surface area contributed by atoms with Crippen molar-refractivity contribution in [2.45, 2.75) is 12.4 Å². The molecule has 0 bridgehead atoms. The number of amides is 3. The van der Waals surface area contributed by atoms with E-state index in [0.717, 1.165) is 26.2 Å². The number of aromatic nitrogens is 4. The number of hydrogen-bond donors (Lipinski definition) is 3. The van der Waals surface area contributed by atoms with Gasteiger partial charge in [0.05, 0.1) is 0 Å². The van der Waals surface area contributed by atoms with Gasteiger partial charge in [-0.25, -0.2) is 9.59 Å². The normalized spacial score (nSPS) is 11.2. The van der Waals surface area contributed by atoms with Crippen LogP contribution in [0.15, 0.2) is 42.5 Å². The summed E-state index contributed by atoms with van der Waals surface area (Å²) < 4.78 is 80.7. The number of urea groups is 1. The van der Waals surface area contributed by atoms with Gasteiger partial charge in [-0.1, -0.05) is 18.2 Å². The molecule has 1 aromatic carbocycles. The van der Waals surface area contributed by atoms with Crippen molar-refractivity contribution in [3.8, 4) is 5.75 Å². The van der Waals surface area contributed by atoms with E-state index in [2.05, 4.69) is 26.1 Å². The lowest BCUT2D eigenvalue weighted by molar-refractivity contribution is -0.144. The van der Waals surface area contributed by atoms with E-state index in [1.54, 1.807) is 30.3 Å². The molecule has 0 fully saturated rings. The molecule has 3 N–H and O–H groups in total. The smallest absolute Gasteiger partial charge is 0.410 e. The van der Waals surface area contributed by atoms with Crippen molar-refractivity contribution in [2.24, 2.45) is 14.1 Å². The zero-order valence-corrected chi connectivity index (χ0v) is 18.3. The average molecular weight is 507 g/mol. The number of benzene rings is 1.